The molecule has 2 heteroatoms. The Morgan fingerprint density at radius 3 is 2.87 bits per heavy atom. The van der Waals surface area contributed by atoms with Gasteiger partial charge in [-0.15, -0.1) is 0 Å². The van der Waals surface area contributed by atoms with Gasteiger partial charge < -0.3 is 9.30 Å². The third-order valence-corrected chi connectivity index (χ3v) is 2.73. The van der Waals surface area contributed by atoms with Crippen molar-refractivity contribution in [1.29, 1.82) is 0 Å². The fourth-order valence-corrected chi connectivity index (χ4v) is 1.83. The Hall–Kier alpha value is -1.44. The lowest BCUT2D eigenvalue weighted by atomic mass is 10.2. The molecule has 1 heterocycles. The molecule has 0 saturated heterocycles. The molecule has 2 nitrogen and oxygen atoms in total. The second-order valence-electron chi connectivity index (χ2n) is 3.79. The Labute approximate surface area is 90.5 Å². The van der Waals surface area contributed by atoms with Gasteiger partial charge in [0, 0.05) is 23.6 Å². The lowest BCUT2D eigenvalue weighted by Crippen LogP contribution is -1.94. The quantitative estimate of drug-likeness (QED) is 0.742. The minimum Gasteiger partial charge on any atom is -0.497 e. The lowest BCUT2D eigenvalue weighted by molar-refractivity contribution is 0.415. The molecule has 0 fully saturated rings. The molecule has 1 aromatic heterocycles. The summed E-state index contributed by atoms with van der Waals surface area (Å²) in [6.07, 6.45) is 4.62. The molecule has 80 valence electrons. The highest BCUT2D eigenvalue weighted by atomic mass is 16.5. The average Bonchev–Trinajstić information content (AvgIpc) is 2.68. The molecule has 0 atom stereocenters. The molecule has 0 radical (unpaired) electrons. The van der Waals surface area contributed by atoms with Gasteiger partial charge in [-0.05, 0) is 30.7 Å². The van der Waals surface area contributed by atoms with Crippen LogP contribution in [0, 0.1) is 0 Å². The van der Waals surface area contributed by atoms with E-state index in [2.05, 4.69) is 35.9 Å². The molecular weight excluding hydrogens is 186 g/mol. The first kappa shape index (κ1) is 10.1. The van der Waals surface area contributed by atoms with E-state index in [1.54, 1.807) is 7.11 Å². The third-order valence-electron chi connectivity index (χ3n) is 2.73. The van der Waals surface area contributed by atoms with Crippen LogP contribution in [0.3, 0.4) is 0 Å². The van der Waals surface area contributed by atoms with E-state index in [-0.39, 0.29) is 0 Å². The number of ether oxygens (including phenoxy) is 1. The first-order valence-electron chi connectivity index (χ1n) is 5.48. The predicted octanol–water partition coefficient (Wildman–Crippen LogP) is 3.45. The predicted molar refractivity (Wildman–Crippen MR) is 63.4 cm³/mol. The Kier molecular flexibility index (Phi) is 2.95. The maximum Gasteiger partial charge on any atom is 0.119 e. The van der Waals surface area contributed by atoms with Crippen LogP contribution in [0.2, 0.25) is 0 Å². The molecule has 15 heavy (non-hydrogen) atoms. The number of hydrogen-bond acceptors (Lipinski definition) is 1. The maximum absolute atomic E-state index is 5.20. The van der Waals surface area contributed by atoms with Crippen molar-refractivity contribution in [3.63, 3.8) is 0 Å². The Bertz CT molecular complexity index is 445. The third kappa shape index (κ3) is 1.99. The number of unbranched alkanes of at least 4 members (excludes halogenated alkanes) is 1. The van der Waals surface area contributed by atoms with Gasteiger partial charge in [0.2, 0.25) is 0 Å². The van der Waals surface area contributed by atoms with Gasteiger partial charge in [0.05, 0.1) is 7.11 Å². The fourth-order valence-electron chi connectivity index (χ4n) is 1.83. The summed E-state index contributed by atoms with van der Waals surface area (Å²) in [5.41, 5.74) is 1.30. The first-order valence-corrected chi connectivity index (χ1v) is 5.48. The molecular formula is C13H17NO. The van der Waals surface area contributed by atoms with Crippen LogP contribution in [0.5, 0.6) is 5.75 Å². The minimum atomic E-state index is 0.927. The molecule has 0 unspecified atom stereocenters. The summed E-state index contributed by atoms with van der Waals surface area (Å²) < 4.78 is 7.51. The van der Waals surface area contributed by atoms with E-state index in [1.807, 2.05) is 6.07 Å². The van der Waals surface area contributed by atoms with Gasteiger partial charge in [-0.2, -0.15) is 0 Å². The molecule has 0 saturated carbocycles. The van der Waals surface area contributed by atoms with Crippen LogP contribution >= 0.6 is 0 Å². The van der Waals surface area contributed by atoms with Crippen LogP contribution in [0.1, 0.15) is 19.8 Å². The summed E-state index contributed by atoms with van der Waals surface area (Å²) in [5, 5.41) is 1.26. The molecule has 0 aliphatic carbocycles. The zero-order valence-electron chi connectivity index (χ0n) is 9.36. The first-order chi connectivity index (χ1) is 7.35. The molecule has 0 aliphatic heterocycles. The van der Waals surface area contributed by atoms with Gasteiger partial charge in [-0.1, -0.05) is 13.3 Å². The standard InChI is InChI=1S/C13H17NO/c1-3-4-8-14-9-7-11-10-12(15-2)5-6-13(11)14/h5-7,9-10H,3-4,8H2,1-2H3. The molecule has 0 spiro atoms. The summed E-state index contributed by atoms with van der Waals surface area (Å²) in [6, 6.07) is 8.37. The molecule has 0 aliphatic rings. The van der Waals surface area contributed by atoms with E-state index in [9.17, 15) is 0 Å². The van der Waals surface area contributed by atoms with Crippen LogP contribution in [0.4, 0.5) is 0 Å². The summed E-state index contributed by atoms with van der Waals surface area (Å²) in [5.74, 6) is 0.927. The monoisotopic (exact) mass is 203 g/mol. The highest BCUT2D eigenvalue weighted by Crippen LogP contribution is 2.22. The number of nitrogens with zero attached hydrogens (tertiary/aromatic N) is 1. The van der Waals surface area contributed by atoms with Crippen molar-refractivity contribution >= 4 is 10.9 Å². The van der Waals surface area contributed by atoms with Crippen molar-refractivity contribution in [1.82, 2.24) is 4.57 Å². The van der Waals surface area contributed by atoms with Gasteiger partial charge in [0.25, 0.3) is 0 Å². The van der Waals surface area contributed by atoms with E-state index >= 15 is 0 Å². The van der Waals surface area contributed by atoms with Crippen molar-refractivity contribution in [2.45, 2.75) is 26.3 Å². The molecule has 0 amide bonds. The average molecular weight is 203 g/mol. The highest BCUT2D eigenvalue weighted by molar-refractivity contribution is 5.81. The van der Waals surface area contributed by atoms with Crippen molar-refractivity contribution in [3.05, 3.63) is 30.5 Å². The maximum atomic E-state index is 5.20. The number of fused-ring (bicyclic) bond motifs is 1. The number of benzene rings is 1. The van der Waals surface area contributed by atoms with E-state index in [4.69, 9.17) is 4.74 Å². The number of rotatable bonds is 4. The highest BCUT2D eigenvalue weighted by Gasteiger charge is 2.01. The molecule has 0 bridgehead atoms. The SMILES string of the molecule is CCCCn1ccc2cc(OC)ccc21. The van der Waals surface area contributed by atoms with E-state index in [0.717, 1.165) is 12.3 Å². The number of aryl methyl sites for hydroxylation is 1. The van der Waals surface area contributed by atoms with Gasteiger partial charge in [-0.25, -0.2) is 0 Å². The van der Waals surface area contributed by atoms with Crippen molar-refractivity contribution < 1.29 is 4.74 Å². The fraction of sp³-hybridized carbons (Fsp3) is 0.385. The van der Waals surface area contributed by atoms with Crippen molar-refractivity contribution in [3.8, 4) is 5.75 Å². The van der Waals surface area contributed by atoms with Gasteiger partial charge in [0.15, 0.2) is 0 Å². The summed E-state index contributed by atoms with van der Waals surface area (Å²) in [4.78, 5) is 0. The number of methoxy groups -OCH3 is 1. The minimum absolute atomic E-state index is 0.927. The van der Waals surface area contributed by atoms with Gasteiger partial charge in [0.1, 0.15) is 5.75 Å². The summed E-state index contributed by atoms with van der Waals surface area (Å²) in [6.45, 7) is 3.32. The van der Waals surface area contributed by atoms with Crippen LogP contribution < -0.4 is 4.74 Å². The second kappa shape index (κ2) is 4.39. The second-order valence-corrected chi connectivity index (χ2v) is 3.79. The molecule has 1 aromatic carbocycles. The Morgan fingerprint density at radius 2 is 2.13 bits per heavy atom. The lowest BCUT2D eigenvalue weighted by Gasteiger charge is -2.04. The van der Waals surface area contributed by atoms with Crippen LogP contribution in [0.15, 0.2) is 30.5 Å². The van der Waals surface area contributed by atoms with Gasteiger partial charge >= 0.3 is 0 Å². The normalized spacial score (nSPS) is 10.8. The number of hydrogen-bond donors (Lipinski definition) is 0. The van der Waals surface area contributed by atoms with Crippen LogP contribution in [-0.4, -0.2) is 11.7 Å². The summed E-state index contributed by atoms with van der Waals surface area (Å²) >= 11 is 0. The molecule has 2 rings (SSSR count). The smallest absolute Gasteiger partial charge is 0.119 e. The zero-order valence-corrected chi connectivity index (χ0v) is 9.36. The molecule has 0 N–H and O–H groups in total. The molecule has 2 aromatic rings. The summed E-state index contributed by atoms with van der Waals surface area (Å²) in [7, 11) is 1.70. The Balaban J connectivity index is 2.34. The Morgan fingerprint density at radius 1 is 1.27 bits per heavy atom. The van der Waals surface area contributed by atoms with Crippen LogP contribution in [-0.2, 0) is 6.54 Å². The van der Waals surface area contributed by atoms with Gasteiger partial charge in [-0.3, -0.25) is 0 Å². The van der Waals surface area contributed by atoms with E-state index in [1.165, 1.54) is 23.7 Å². The van der Waals surface area contributed by atoms with E-state index < -0.39 is 0 Å². The van der Waals surface area contributed by atoms with Crippen LogP contribution in [0.25, 0.3) is 10.9 Å². The zero-order chi connectivity index (χ0) is 10.7. The van der Waals surface area contributed by atoms with Crippen molar-refractivity contribution in [2.75, 3.05) is 7.11 Å². The largest absolute Gasteiger partial charge is 0.497 e. The van der Waals surface area contributed by atoms with Crippen molar-refractivity contribution in [2.24, 2.45) is 0 Å². The topological polar surface area (TPSA) is 14.2 Å². The van der Waals surface area contributed by atoms with E-state index in [0.29, 0.717) is 0 Å². The number of aromatic nitrogens is 1.